The molecule has 0 saturated carbocycles. The van der Waals surface area contributed by atoms with Crippen LogP contribution in [0.25, 0.3) is 10.9 Å². The number of aryl methyl sites for hydroxylation is 1. The molecule has 4 rings (SSSR count). The van der Waals surface area contributed by atoms with Crippen molar-refractivity contribution >= 4 is 16.8 Å². The molecular formula is C19H18N4O3. The summed E-state index contributed by atoms with van der Waals surface area (Å²) in [5, 5.41) is 0.515. The molecule has 3 aromatic rings. The highest BCUT2D eigenvalue weighted by Crippen LogP contribution is 2.18. The second kappa shape index (κ2) is 6.59. The van der Waals surface area contributed by atoms with Crippen molar-refractivity contribution in [2.75, 3.05) is 13.1 Å². The molecule has 1 fully saturated rings. The number of para-hydroxylation sites is 1. The number of hydrogen-bond acceptors (Lipinski definition) is 5. The number of ether oxygens (including phenoxy) is 1. The van der Waals surface area contributed by atoms with Gasteiger partial charge in [0.25, 0.3) is 5.56 Å². The van der Waals surface area contributed by atoms with Gasteiger partial charge >= 0.3 is 0 Å². The number of fused-ring (bicyclic) bond motifs is 1. The number of rotatable bonds is 4. The number of carbonyl (C=O) groups is 1. The number of likely N-dealkylation sites (tertiary alicyclic amines) is 1. The van der Waals surface area contributed by atoms with Crippen LogP contribution < -0.4 is 10.3 Å². The van der Waals surface area contributed by atoms with E-state index in [-0.39, 0.29) is 24.1 Å². The summed E-state index contributed by atoms with van der Waals surface area (Å²) in [6.45, 7) is 2.91. The van der Waals surface area contributed by atoms with Crippen molar-refractivity contribution in [2.24, 2.45) is 0 Å². The van der Waals surface area contributed by atoms with Gasteiger partial charge in [-0.15, -0.1) is 0 Å². The zero-order chi connectivity index (χ0) is 18.1. The minimum absolute atomic E-state index is 0.0161. The molecule has 1 aromatic carbocycles. The van der Waals surface area contributed by atoms with Gasteiger partial charge in [-0.3, -0.25) is 19.1 Å². The third kappa shape index (κ3) is 3.15. The minimum atomic E-state index is -0.204. The zero-order valence-electron chi connectivity index (χ0n) is 14.3. The van der Waals surface area contributed by atoms with E-state index in [0.717, 1.165) is 11.4 Å². The van der Waals surface area contributed by atoms with E-state index in [4.69, 9.17) is 4.74 Å². The fourth-order valence-corrected chi connectivity index (χ4v) is 2.97. The van der Waals surface area contributed by atoms with E-state index < -0.39 is 0 Å². The second-order valence-electron chi connectivity index (χ2n) is 6.37. The quantitative estimate of drug-likeness (QED) is 0.711. The van der Waals surface area contributed by atoms with Crippen LogP contribution in [0.4, 0.5) is 0 Å². The number of amides is 1. The molecule has 2 aromatic heterocycles. The van der Waals surface area contributed by atoms with Crippen molar-refractivity contribution in [1.29, 1.82) is 0 Å². The molecule has 3 heterocycles. The van der Waals surface area contributed by atoms with Gasteiger partial charge in [-0.2, -0.15) is 0 Å². The normalized spacial score (nSPS) is 14.3. The van der Waals surface area contributed by atoms with Crippen molar-refractivity contribution in [3.63, 3.8) is 0 Å². The molecule has 0 N–H and O–H groups in total. The molecule has 0 bridgehead atoms. The molecule has 1 aliphatic rings. The molecule has 0 unspecified atom stereocenters. The van der Waals surface area contributed by atoms with E-state index >= 15 is 0 Å². The predicted molar refractivity (Wildman–Crippen MR) is 96.0 cm³/mol. The van der Waals surface area contributed by atoms with Crippen LogP contribution in [0.15, 0.2) is 53.7 Å². The van der Waals surface area contributed by atoms with Crippen molar-refractivity contribution < 1.29 is 9.53 Å². The van der Waals surface area contributed by atoms with Gasteiger partial charge in [-0.1, -0.05) is 12.1 Å². The lowest BCUT2D eigenvalue weighted by Gasteiger charge is -2.39. The highest BCUT2D eigenvalue weighted by atomic mass is 16.5. The summed E-state index contributed by atoms with van der Waals surface area (Å²) in [5.41, 5.74) is 1.31. The third-order valence-corrected chi connectivity index (χ3v) is 4.41. The molecule has 0 aliphatic carbocycles. The van der Waals surface area contributed by atoms with Gasteiger partial charge in [0.05, 0.1) is 30.3 Å². The number of aromatic nitrogens is 3. The first-order chi connectivity index (χ1) is 12.6. The molecule has 26 heavy (non-hydrogen) atoms. The van der Waals surface area contributed by atoms with E-state index in [1.54, 1.807) is 35.4 Å². The van der Waals surface area contributed by atoms with Gasteiger partial charge < -0.3 is 9.64 Å². The number of nitrogens with zero attached hydrogens (tertiary/aromatic N) is 4. The third-order valence-electron chi connectivity index (χ3n) is 4.41. The van der Waals surface area contributed by atoms with Crippen LogP contribution in [0.3, 0.4) is 0 Å². The summed E-state index contributed by atoms with van der Waals surface area (Å²) in [4.78, 5) is 34.9. The maximum Gasteiger partial charge on any atom is 0.261 e. The highest BCUT2D eigenvalue weighted by molar-refractivity contribution is 5.79. The Kier molecular flexibility index (Phi) is 4.12. The Bertz CT molecular complexity index is 1020. The van der Waals surface area contributed by atoms with E-state index in [9.17, 15) is 9.59 Å². The lowest BCUT2D eigenvalue weighted by atomic mass is 10.1. The van der Waals surface area contributed by atoms with Crippen molar-refractivity contribution in [3.8, 4) is 5.75 Å². The molecule has 0 radical (unpaired) electrons. The van der Waals surface area contributed by atoms with Gasteiger partial charge in [0, 0.05) is 18.0 Å². The van der Waals surface area contributed by atoms with Crippen LogP contribution in [0.1, 0.15) is 5.69 Å². The lowest BCUT2D eigenvalue weighted by molar-refractivity contribution is -0.140. The summed E-state index contributed by atoms with van der Waals surface area (Å²) in [5.74, 6) is 0.638. The molecular weight excluding hydrogens is 332 g/mol. The summed E-state index contributed by atoms with van der Waals surface area (Å²) in [6.07, 6.45) is 3.09. The Morgan fingerprint density at radius 2 is 2.04 bits per heavy atom. The first-order valence-corrected chi connectivity index (χ1v) is 8.41. The fraction of sp³-hybridized carbons (Fsp3) is 0.263. The summed E-state index contributed by atoms with van der Waals surface area (Å²) < 4.78 is 7.18. The Balaban J connectivity index is 1.38. The molecule has 0 spiro atoms. The first kappa shape index (κ1) is 16.3. The Morgan fingerprint density at radius 1 is 1.23 bits per heavy atom. The maximum absolute atomic E-state index is 12.5. The Labute approximate surface area is 149 Å². The highest BCUT2D eigenvalue weighted by Gasteiger charge is 2.32. The summed E-state index contributed by atoms with van der Waals surface area (Å²) in [6, 6.07) is 10.8. The van der Waals surface area contributed by atoms with E-state index in [1.165, 1.54) is 10.9 Å². The monoisotopic (exact) mass is 350 g/mol. The van der Waals surface area contributed by atoms with Gasteiger partial charge in [0.2, 0.25) is 5.91 Å². The van der Waals surface area contributed by atoms with Crippen LogP contribution in [-0.2, 0) is 11.3 Å². The Morgan fingerprint density at radius 3 is 2.85 bits per heavy atom. The number of hydrogen-bond donors (Lipinski definition) is 0. The van der Waals surface area contributed by atoms with Gasteiger partial charge in [-0.25, -0.2) is 4.98 Å². The van der Waals surface area contributed by atoms with Crippen LogP contribution >= 0.6 is 0 Å². The van der Waals surface area contributed by atoms with Gasteiger partial charge in [0.1, 0.15) is 18.4 Å². The van der Waals surface area contributed by atoms with Crippen LogP contribution in [0.5, 0.6) is 5.75 Å². The zero-order valence-corrected chi connectivity index (χ0v) is 14.3. The summed E-state index contributed by atoms with van der Waals surface area (Å²) in [7, 11) is 0. The second-order valence-corrected chi connectivity index (χ2v) is 6.37. The smallest absolute Gasteiger partial charge is 0.261 e. The van der Waals surface area contributed by atoms with E-state index in [2.05, 4.69) is 9.97 Å². The van der Waals surface area contributed by atoms with E-state index in [1.807, 2.05) is 19.1 Å². The van der Waals surface area contributed by atoms with Crippen molar-refractivity contribution in [1.82, 2.24) is 19.4 Å². The van der Waals surface area contributed by atoms with Gasteiger partial charge in [-0.05, 0) is 25.1 Å². The molecule has 1 saturated heterocycles. The van der Waals surface area contributed by atoms with Crippen LogP contribution in [0, 0.1) is 6.92 Å². The number of pyridine rings is 1. The molecule has 7 heteroatoms. The lowest BCUT2D eigenvalue weighted by Crippen LogP contribution is -2.57. The average Bonchev–Trinajstić information content (AvgIpc) is 2.60. The van der Waals surface area contributed by atoms with Crippen LogP contribution in [-0.4, -0.2) is 44.5 Å². The summed E-state index contributed by atoms with van der Waals surface area (Å²) >= 11 is 0. The molecule has 0 atom stereocenters. The largest absolute Gasteiger partial charge is 0.487 e. The topological polar surface area (TPSA) is 77.3 Å². The van der Waals surface area contributed by atoms with Crippen molar-refractivity contribution in [2.45, 2.75) is 19.6 Å². The fourth-order valence-electron chi connectivity index (χ4n) is 2.97. The molecule has 1 amide bonds. The predicted octanol–water partition coefficient (Wildman–Crippen LogP) is 1.39. The standard InChI is InChI=1S/C19H18N4O3/c1-13-8-14(6-7-20-13)26-15-9-22(10-15)18(24)11-23-12-21-17-5-3-2-4-16(17)19(23)25/h2-8,12,15H,9-11H2,1H3. The van der Waals surface area contributed by atoms with Gasteiger partial charge in [0.15, 0.2) is 0 Å². The maximum atomic E-state index is 12.5. The Hall–Kier alpha value is -3.22. The average molecular weight is 350 g/mol. The number of carbonyl (C=O) groups excluding carboxylic acids is 1. The SMILES string of the molecule is Cc1cc(OC2CN(C(=O)Cn3cnc4ccccc4c3=O)C2)ccn1. The van der Waals surface area contributed by atoms with E-state index in [0.29, 0.717) is 24.0 Å². The molecule has 1 aliphatic heterocycles. The number of benzene rings is 1. The molecule has 132 valence electrons. The van der Waals surface area contributed by atoms with Crippen LogP contribution in [0.2, 0.25) is 0 Å². The first-order valence-electron chi connectivity index (χ1n) is 8.41. The van der Waals surface area contributed by atoms with Crippen molar-refractivity contribution in [3.05, 3.63) is 65.0 Å². The minimum Gasteiger partial charge on any atom is -0.487 e. The molecule has 7 nitrogen and oxygen atoms in total.